The van der Waals surface area contributed by atoms with Crippen LogP contribution in [0.25, 0.3) is 0 Å². The van der Waals surface area contributed by atoms with Gasteiger partial charge in [0.15, 0.2) is 0 Å². The number of benzene rings is 1. The highest BCUT2D eigenvalue weighted by atomic mass is 32.2. The lowest BCUT2D eigenvalue weighted by atomic mass is 9.87. The molecule has 2 nitrogen and oxygen atoms in total. The average Bonchev–Trinajstić information content (AvgIpc) is 2.78. The molecule has 1 heterocycles. The lowest BCUT2D eigenvalue weighted by Gasteiger charge is -2.27. The zero-order valence-corrected chi connectivity index (χ0v) is 11.2. The number of hydrogen-bond donors (Lipinski definition) is 0. The van der Waals surface area contributed by atoms with Crippen LogP contribution in [0.1, 0.15) is 42.7 Å². The fourth-order valence-corrected chi connectivity index (χ4v) is 3.86. The molecule has 2 fully saturated rings. The average molecular weight is 259 g/mol. The van der Waals surface area contributed by atoms with Gasteiger partial charge >= 0.3 is 0 Å². The van der Waals surface area contributed by atoms with Gasteiger partial charge in [-0.3, -0.25) is 0 Å². The summed E-state index contributed by atoms with van der Waals surface area (Å²) in [5.41, 5.74) is 2.36. The van der Waals surface area contributed by atoms with E-state index in [1.807, 2.05) is 11.8 Å². The lowest BCUT2D eigenvalue weighted by molar-refractivity contribution is 0.456. The largest absolute Gasteiger partial charge is 0.235 e. The molecule has 94 valence electrons. The number of isocyanates is 1. The molecule has 1 aromatic rings. The van der Waals surface area contributed by atoms with Gasteiger partial charge in [-0.15, -0.1) is 0 Å². The Hall–Kier alpha value is -1.05. The number of carbonyl (C=O) groups excluding carboxylic acids is 1. The molecule has 1 aromatic carbocycles. The molecule has 1 aliphatic carbocycles. The molecule has 0 unspecified atom stereocenters. The number of rotatable bonds is 3. The van der Waals surface area contributed by atoms with Gasteiger partial charge < -0.3 is 0 Å². The molecule has 0 spiro atoms. The molecule has 3 heteroatoms. The SMILES string of the molecule is O=C=NC1(c2ccc(C3CSC3)cc2)CCCC1. The van der Waals surface area contributed by atoms with Crippen LogP contribution in [-0.4, -0.2) is 17.6 Å². The minimum Gasteiger partial charge on any atom is -0.211 e. The first kappa shape index (κ1) is 12.0. The van der Waals surface area contributed by atoms with E-state index in [0.717, 1.165) is 31.6 Å². The van der Waals surface area contributed by atoms with Gasteiger partial charge in [-0.05, 0) is 24.0 Å². The zero-order valence-electron chi connectivity index (χ0n) is 10.4. The van der Waals surface area contributed by atoms with E-state index in [2.05, 4.69) is 29.3 Å². The van der Waals surface area contributed by atoms with Crippen molar-refractivity contribution in [3.05, 3.63) is 35.4 Å². The normalized spacial score (nSPS) is 22.2. The Bertz CT molecular complexity index is 466. The molecule has 3 rings (SSSR count). The molecule has 0 atom stereocenters. The van der Waals surface area contributed by atoms with E-state index in [1.165, 1.54) is 22.6 Å². The second-order valence-electron chi connectivity index (χ2n) is 5.30. The van der Waals surface area contributed by atoms with Gasteiger partial charge in [-0.2, -0.15) is 16.8 Å². The van der Waals surface area contributed by atoms with Crippen molar-refractivity contribution in [1.82, 2.24) is 0 Å². The first-order valence-electron chi connectivity index (χ1n) is 6.61. The zero-order chi connectivity index (χ0) is 12.4. The minimum atomic E-state index is -0.269. The van der Waals surface area contributed by atoms with Crippen LogP contribution in [-0.2, 0) is 10.3 Å². The topological polar surface area (TPSA) is 29.4 Å². The summed E-state index contributed by atoms with van der Waals surface area (Å²) in [6.07, 6.45) is 6.07. The molecule has 1 saturated heterocycles. The fourth-order valence-electron chi connectivity index (χ4n) is 3.01. The summed E-state index contributed by atoms with van der Waals surface area (Å²) in [6.45, 7) is 0. The van der Waals surface area contributed by atoms with Gasteiger partial charge in [-0.25, -0.2) is 4.79 Å². The van der Waals surface area contributed by atoms with Gasteiger partial charge in [0, 0.05) is 17.4 Å². The molecule has 18 heavy (non-hydrogen) atoms. The van der Waals surface area contributed by atoms with E-state index in [4.69, 9.17) is 0 Å². The third-order valence-corrected chi connectivity index (χ3v) is 5.52. The predicted octanol–water partition coefficient (Wildman–Crippen LogP) is 3.62. The maximum absolute atomic E-state index is 10.7. The Morgan fingerprint density at radius 3 is 2.33 bits per heavy atom. The van der Waals surface area contributed by atoms with Crippen LogP contribution in [0.15, 0.2) is 29.3 Å². The molecule has 1 aliphatic heterocycles. The van der Waals surface area contributed by atoms with Crippen LogP contribution in [0.4, 0.5) is 0 Å². The van der Waals surface area contributed by atoms with Gasteiger partial charge in [0.05, 0.1) is 5.54 Å². The molecule has 0 bridgehead atoms. The summed E-state index contributed by atoms with van der Waals surface area (Å²) in [4.78, 5) is 14.8. The van der Waals surface area contributed by atoms with Crippen molar-refractivity contribution in [2.24, 2.45) is 4.99 Å². The van der Waals surface area contributed by atoms with Crippen LogP contribution in [0.2, 0.25) is 0 Å². The molecule has 1 saturated carbocycles. The Morgan fingerprint density at radius 1 is 1.17 bits per heavy atom. The van der Waals surface area contributed by atoms with Gasteiger partial charge in [0.25, 0.3) is 0 Å². The summed E-state index contributed by atoms with van der Waals surface area (Å²) in [7, 11) is 0. The van der Waals surface area contributed by atoms with Crippen molar-refractivity contribution in [3.63, 3.8) is 0 Å². The van der Waals surface area contributed by atoms with Crippen LogP contribution >= 0.6 is 11.8 Å². The number of hydrogen-bond acceptors (Lipinski definition) is 3. The second-order valence-corrected chi connectivity index (χ2v) is 6.37. The summed E-state index contributed by atoms with van der Waals surface area (Å²) in [5.74, 6) is 3.23. The van der Waals surface area contributed by atoms with Crippen LogP contribution in [0.5, 0.6) is 0 Å². The Morgan fingerprint density at radius 2 is 1.83 bits per heavy atom. The molecule has 0 N–H and O–H groups in total. The maximum Gasteiger partial charge on any atom is 0.235 e. The van der Waals surface area contributed by atoms with E-state index >= 15 is 0 Å². The molecule has 0 aromatic heterocycles. The summed E-state index contributed by atoms with van der Waals surface area (Å²) in [6, 6.07) is 8.79. The van der Waals surface area contributed by atoms with Crippen molar-refractivity contribution >= 4 is 17.8 Å². The Labute approximate surface area is 112 Å². The highest BCUT2D eigenvalue weighted by molar-refractivity contribution is 8.00. The standard InChI is InChI=1S/C15H17NOS/c17-11-16-15(7-1-2-8-15)14-5-3-12(4-6-14)13-9-18-10-13/h3-6,13H,1-2,7-10H2. The van der Waals surface area contributed by atoms with Crippen LogP contribution in [0, 0.1) is 0 Å². The van der Waals surface area contributed by atoms with Crippen molar-refractivity contribution in [2.75, 3.05) is 11.5 Å². The summed E-state index contributed by atoms with van der Waals surface area (Å²) in [5, 5.41) is 0. The minimum absolute atomic E-state index is 0.269. The van der Waals surface area contributed by atoms with Crippen LogP contribution in [0.3, 0.4) is 0 Å². The molecule has 2 aliphatic rings. The predicted molar refractivity (Wildman–Crippen MR) is 74.8 cm³/mol. The van der Waals surface area contributed by atoms with E-state index < -0.39 is 0 Å². The number of aliphatic imine (C=N–C) groups is 1. The third kappa shape index (κ3) is 2.02. The van der Waals surface area contributed by atoms with Gasteiger partial charge in [0.2, 0.25) is 6.08 Å². The first-order valence-corrected chi connectivity index (χ1v) is 7.77. The van der Waals surface area contributed by atoms with Gasteiger partial charge in [-0.1, -0.05) is 37.1 Å². The number of thioether (sulfide) groups is 1. The molecular formula is C15H17NOS. The van der Waals surface area contributed by atoms with Gasteiger partial charge in [0.1, 0.15) is 0 Å². The smallest absolute Gasteiger partial charge is 0.211 e. The van der Waals surface area contributed by atoms with Crippen molar-refractivity contribution in [2.45, 2.75) is 37.1 Å². The molecule has 0 radical (unpaired) electrons. The molecule has 0 amide bonds. The first-order chi connectivity index (χ1) is 8.84. The van der Waals surface area contributed by atoms with Crippen molar-refractivity contribution < 1.29 is 4.79 Å². The molecular weight excluding hydrogens is 242 g/mol. The van der Waals surface area contributed by atoms with Crippen LogP contribution < -0.4 is 0 Å². The summed E-state index contributed by atoms with van der Waals surface area (Å²) >= 11 is 2.01. The fraction of sp³-hybridized carbons (Fsp3) is 0.533. The second kappa shape index (κ2) is 4.91. The maximum atomic E-state index is 10.7. The Kier molecular flexibility index (Phi) is 3.27. The van der Waals surface area contributed by atoms with E-state index in [9.17, 15) is 4.79 Å². The lowest BCUT2D eigenvalue weighted by Crippen LogP contribution is -2.20. The van der Waals surface area contributed by atoms with E-state index in [1.54, 1.807) is 6.08 Å². The summed E-state index contributed by atoms with van der Waals surface area (Å²) < 4.78 is 0. The van der Waals surface area contributed by atoms with E-state index in [-0.39, 0.29) is 5.54 Å². The van der Waals surface area contributed by atoms with E-state index in [0.29, 0.717) is 0 Å². The van der Waals surface area contributed by atoms with Crippen molar-refractivity contribution in [1.29, 1.82) is 0 Å². The third-order valence-electron chi connectivity index (χ3n) is 4.25. The monoisotopic (exact) mass is 259 g/mol. The Balaban J connectivity index is 1.88. The highest BCUT2D eigenvalue weighted by Gasteiger charge is 2.35. The quantitative estimate of drug-likeness (QED) is 0.613. The number of nitrogens with zero attached hydrogens (tertiary/aromatic N) is 1. The highest BCUT2D eigenvalue weighted by Crippen LogP contribution is 2.43. The van der Waals surface area contributed by atoms with Crippen molar-refractivity contribution in [3.8, 4) is 0 Å².